The molecule has 0 unspecified atom stereocenters. The summed E-state index contributed by atoms with van der Waals surface area (Å²) in [6, 6.07) is 15.2. The number of ether oxygens (including phenoxy) is 2. The minimum Gasteiger partial charge on any atom is -0.478 e. The van der Waals surface area contributed by atoms with Crippen molar-refractivity contribution in [2.45, 2.75) is 32.9 Å². The van der Waals surface area contributed by atoms with E-state index in [0.717, 1.165) is 5.57 Å². The van der Waals surface area contributed by atoms with Gasteiger partial charge in [-0.15, -0.1) is 0 Å². The van der Waals surface area contributed by atoms with Crippen molar-refractivity contribution in [2.75, 3.05) is 13.7 Å². The topological polar surface area (TPSA) is 86.5 Å². The zero-order valence-corrected chi connectivity index (χ0v) is 22.8. The van der Waals surface area contributed by atoms with Gasteiger partial charge >= 0.3 is 5.97 Å². The lowest BCUT2D eigenvalue weighted by molar-refractivity contribution is 0.0697. The summed E-state index contributed by atoms with van der Waals surface area (Å²) < 4.78 is 28.5. The fraction of sp³-hybridized carbons (Fsp3) is 0.219. The fourth-order valence-corrected chi connectivity index (χ4v) is 4.23. The summed E-state index contributed by atoms with van der Waals surface area (Å²) in [7, 11) is 1.59. The lowest BCUT2D eigenvalue weighted by atomic mass is 10.1. The second-order valence-electron chi connectivity index (χ2n) is 9.32. The molecule has 1 N–H and O–H groups in total. The first-order valence-electron chi connectivity index (χ1n) is 12.9. The minimum absolute atomic E-state index is 0.164. The van der Waals surface area contributed by atoms with Crippen LogP contribution in [0.1, 0.15) is 35.6 Å². The van der Waals surface area contributed by atoms with Gasteiger partial charge < -0.3 is 19.1 Å². The van der Waals surface area contributed by atoms with Crippen LogP contribution in [0, 0.1) is 5.82 Å². The molecule has 7 nitrogen and oxygen atoms in total. The predicted octanol–water partition coefficient (Wildman–Crippen LogP) is 6.63. The number of halogens is 1. The van der Waals surface area contributed by atoms with E-state index in [-0.39, 0.29) is 23.9 Å². The van der Waals surface area contributed by atoms with E-state index in [0.29, 0.717) is 52.7 Å². The number of carboxylic acids is 1. The first kappa shape index (κ1) is 28.4. The molecule has 0 bridgehead atoms. The molecule has 4 rings (SSSR count). The van der Waals surface area contributed by atoms with Gasteiger partial charge in [-0.3, -0.25) is 0 Å². The molecule has 0 spiro atoms. The van der Waals surface area contributed by atoms with Gasteiger partial charge in [0.1, 0.15) is 17.7 Å². The zero-order chi connectivity index (χ0) is 28.6. The monoisotopic (exact) mass is 541 g/mol. The third kappa shape index (κ3) is 6.71. The van der Waals surface area contributed by atoms with Crippen molar-refractivity contribution in [1.29, 1.82) is 0 Å². The quantitative estimate of drug-likeness (QED) is 0.203. The van der Waals surface area contributed by atoms with E-state index in [9.17, 15) is 9.90 Å². The Bertz CT molecular complexity index is 1590. The summed E-state index contributed by atoms with van der Waals surface area (Å²) in [5, 5.41) is 9.41. The first-order chi connectivity index (χ1) is 19.3. The minimum atomic E-state index is -1.02. The van der Waals surface area contributed by atoms with Gasteiger partial charge in [0.2, 0.25) is 5.88 Å². The number of aromatic nitrogens is 3. The summed E-state index contributed by atoms with van der Waals surface area (Å²) in [4.78, 5) is 20.7. The third-order valence-corrected chi connectivity index (χ3v) is 6.56. The molecule has 0 aliphatic carbocycles. The Morgan fingerprint density at radius 3 is 2.70 bits per heavy atom. The highest BCUT2D eigenvalue weighted by molar-refractivity contribution is 5.92. The van der Waals surface area contributed by atoms with Crippen molar-refractivity contribution in [3.05, 3.63) is 114 Å². The number of carbonyl (C=O) groups is 1. The Hall–Kier alpha value is -4.56. The predicted molar refractivity (Wildman–Crippen MR) is 154 cm³/mol. The molecule has 0 fully saturated rings. The molecule has 4 aromatic rings. The Balaban J connectivity index is 1.58. The standard InChI is InChI=1S/C32H32FN3O4/c1-5-6-7-9-21(2)22(3)40-31-11-8-10-27(35-31)24-13-12-23(26(33)18-24)20-30-34-28-15-14-25(32(37)38)19-29(28)36(30)16-17-39-4/h5-15,18-19,22H,1,16-17,20H2,2-4H3,(H,37,38)/b7-6-,21-9+/t22-/m0/s1. The van der Waals surface area contributed by atoms with E-state index in [2.05, 4.69) is 16.5 Å². The molecule has 8 heteroatoms. The van der Waals surface area contributed by atoms with E-state index >= 15 is 4.39 Å². The third-order valence-electron chi connectivity index (χ3n) is 6.56. The van der Waals surface area contributed by atoms with Gasteiger partial charge in [-0.25, -0.2) is 19.2 Å². The lowest BCUT2D eigenvalue weighted by Crippen LogP contribution is -2.14. The van der Waals surface area contributed by atoms with Crippen LogP contribution in [0.5, 0.6) is 5.88 Å². The van der Waals surface area contributed by atoms with Gasteiger partial charge in [0, 0.05) is 31.7 Å². The number of nitrogens with zero attached hydrogens (tertiary/aromatic N) is 3. The van der Waals surface area contributed by atoms with Crippen molar-refractivity contribution in [3.63, 3.8) is 0 Å². The summed E-state index contributed by atoms with van der Waals surface area (Å²) in [6.07, 6.45) is 7.44. The molecular formula is C32H32FN3O4. The number of pyridine rings is 1. The number of rotatable bonds is 12. The van der Waals surface area contributed by atoms with Crippen LogP contribution in [0.3, 0.4) is 0 Å². The lowest BCUT2D eigenvalue weighted by Gasteiger charge is -2.15. The average molecular weight is 542 g/mol. The Morgan fingerprint density at radius 1 is 1.15 bits per heavy atom. The van der Waals surface area contributed by atoms with Crippen molar-refractivity contribution >= 4 is 17.0 Å². The maximum Gasteiger partial charge on any atom is 0.335 e. The SMILES string of the molecule is C=C/C=C\C=C(/C)[C@H](C)Oc1cccc(-c2ccc(Cc3nc4ccc(C(=O)O)cc4n3CCOC)c(F)c2)n1. The number of hydrogen-bond acceptors (Lipinski definition) is 5. The van der Waals surface area contributed by atoms with Crippen LogP contribution in [-0.4, -0.2) is 45.4 Å². The molecule has 0 radical (unpaired) electrons. The summed E-state index contributed by atoms with van der Waals surface area (Å²) in [5.41, 5.74) is 4.18. The molecule has 2 heterocycles. The van der Waals surface area contributed by atoms with Crippen molar-refractivity contribution in [2.24, 2.45) is 0 Å². The smallest absolute Gasteiger partial charge is 0.335 e. The highest BCUT2D eigenvalue weighted by Crippen LogP contribution is 2.26. The molecule has 206 valence electrons. The largest absolute Gasteiger partial charge is 0.478 e. The molecule has 0 amide bonds. The molecule has 40 heavy (non-hydrogen) atoms. The molecular weight excluding hydrogens is 509 g/mol. The second-order valence-corrected chi connectivity index (χ2v) is 9.32. The van der Waals surface area contributed by atoms with Crippen molar-refractivity contribution in [1.82, 2.24) is 14.5 Å². The maximum absolute atomic E-state index is 15.4. The van der Waals surface area contributed by atoms with Crippen LogP contribution >= 0.6 is 0 Å². The van der Waals surface area contributed by atoms with Gasteiger partial charge in [0.25, 0.3) is 0 Å². The van der Waals surface area contributed by atoms with Gasteiger partial charge in [-0.2, -0.15) is 0 Å². The van der Waals surface area contributed by atoms with Crippen molar-refractivity contribution < 1.29 is 23.8 Å². The molecule has 2 aromatic carbocycles. The number of methoxy groups -OCH3 is 1. The molecule has 1 atom stereocenters. The van der Waals surface area contributed by atoms with E-state index in [1.807, 2.05) is 54.8 Å². The normalized spacial score (nSPS) is 12.7. The summed E-state index contributed by atoms with van der Waals surface area (Å²) in [5.74, 6) is -0.338. The van der Waals surface area contributed by atoms with E-state index < -0.39 is 5.97 Å². The highest BCUT2D eigenvalue weighted by Gasteiger charge is 2.16. The Kier molecular flexibility index (Phi) is 9.24. The fourth-order valence-electron chi connectivity index (χ4n) is 4.23. The number of benzene rings is 2. The number of hydrogen-bond donors (Lipinski definition) is 1. The van der Waals surface area contributed by atoms with Crippen LogP contribution < -0.4 is 4.74 Å². The first-order valence-corrected chi connectivity index (χ1v) is 12.9. The van der Waals surface area contributed by atoms with Gasteiger partial charge in [-0.1, -0.05) is 49.1 Å². The van der Waals surface area contributed by atoms with E-state index in [1.54, 1.807) is 37.5 Å². The summed E-state index contributed by atoms with van der Waals surface area (Å²) in [6.45, 7) is 8.44. The van der Waals surface area contributed by atoms with Crippen LogP contribution in [0.2, 0.25) is 0 Å². The number of aromatic carboxylic acids is 1. The molecule has 2 aromatic heterocycles. The van der Waals surface area contributed by atoms with Crippen LogP contribution in [0.15, 0.2) is 91.1 Å². The summed E-state index contributed by atoms with van der Waals surface area (Å²) >= 11 is 0. The Labute approximate surface area is 232 Å². The number of carboxylic acid groups (broad SMARTS) is 1. The van der Waals surface area contributed by atoms with Crippen LogP contribution in [0.4, 0.5) is 4.39 Å². The molecule has 0 aliphatic rings. The maximum atomic E-state index is 15.4. The van der Waals surface area contributed by atoms with E-state index in [1.165, 1.54) is 12.1 Å². The zero-order valence-electron chi connectivity index (χ0n) is 22.8. The Morgan fingerprint density at radius 2 is 1.98 bits per heavy atom. The highest BCUT2D eigenvalue weighted by atomic mass is 19.1. The molecule has 0 saturated carbocycles. The molecule has 0 aliphatic heterocycles. The molecule has 0 saturated heterocycles. The van der Waals surface area contributed by atoms with Gasteiger partial charge in [-0.05, 0) is 55.3 Å². The van der Waals surface area contributed by atoms with Crippen LogP contribution in [-0.2, 0) is 17.7 Å². The van der Waals surface area contributed by atoms with Crippen molar-refractivity contribution in [3.8, 4) is 17.1 Å². The number of allylic oxidation sites excluding steroid dienone is 4. The second kappa shape index (κ2) is 13.0. The van der Waals surface area contributed by atoms with Gasteiger partial charge in [0.15, 0.2) is 0 Å². The van der Waals surface area contributed by atoms with E-state index in [4.69, 9.17) is 9.47 Å². The van der Waals surface area contributed by atoms with Crippen LogP contribution in [0.25, 0.3) is 22.3 Å². The number of imidazole rings is 1. The van der Waals surface area contributed by atoms with Gasteiger partial charge in [0.05, 0.1) is 28.9 Å². The average Bonchev–Trinajstić information content (AvgIpc) is 3.29. The number of fused-ring (bicyclic) bond motifs is 1.